The fraction of sp³-hybridized carbons (Fsp3) is 0.333. The lowest BCUT2D eigenvalue weighted by molar-refractivity contribution is 0.396. The summed E-state index contributed by atoms with van der Waals surface area (Å²) in [5.41, 5.74) is 3.79. The summed E-state index contributed by atoms with van der Waals surface area (Å²) in [6.45, 7) is 4.56. The maximum absolute atomic E-state index is 13.2. The number of aromatic nitrogens is 3. The van der Waals surface area contributed by atoms with Crippen LogP contribution in [0.1, 0.15) is 28.9 Å². The predicted molar refractivity (Wildman–Crippen MR) is 111 cm³/mol. The van der Waals surface area contributed by atoms with Gasteiger partial charge in [0, 0.05) is 13.1 Å². The van der Waals surface area contributed by atoms with Gasteiger partial charge in [0.2, 0.25) is 10.0 Å². The summed E-state index contributed by atoms with van der Waals surface area (Å²) in [6, 6.07) is 17.1. The van der Waals surface area contributed by atoms with Crippen LogP contribution < -0.4 is 5.32 Å². The quantitative estimate of drug-likeness (QED) is 0.713. The number of hydrogen-bond acceptors (Lipinski definition) is 5. The molecule has 0 radical (unpaired) electrons. The minimum atomic E-state index is -3.60. The number of fused-ring (bicyclic) bond motifs is 1. The molecule has 8 heteroatoms. The monoisotopic (exact) mass is 411 g/mol. The minimum absolute atomic E-state index is 0.224. The lowest BCUT2D eigenvalue weighted by Gasteiger charge is -2.21. The molecule has 0 spiro atoms. The molecule has 0 saturated heterocycles. The Balaban J connectivity index is 1.64. The lowest BCUT2D eigenvalue weighted by atomic mass is 10.2. The van der Waals surface area contributed by atoms with Crippen LogP contribution in [0, 0.1) is 6.92 Å². The third-order valence-corrected chi connectivity index (χ3v) is 6.99. The van der Waals surface area contributed by atoms with Gasteiger partial charge < -0.3 is 5.32 Å². The van der Waals surface area contributed by atoms with Crippen molar-refractivity contribution in [3.8, 4) is 0 Å². The van der Waals surface area contributed by atoms with E-state index < -0.39 is 10.0 Å². The van der Waals surface area contributed by atoms with Crippen LogP contribution in [-0.2, 0) is 29.7 Å². The van der Waals surface area contributed by atoms with E-state index in [4.69, 9.17) is 0 Å². The second-order valence-electron chi connectivity index (χ2n) is 7.31. The van der Waals surface area contributed by atoms with Gasteiger partial charge in [-0.2, -0.15) is 4.31 Å². The van der Waals surface area contributed by atoms with Crippen molar-refractivity contribution >= 4 is 10.0 Å². The van der Waals surface area contributed by atoms with Crippen LogP contribution in [0.3, 0.4) is 0 Å². The van der Waals surface area contributed by atoms with Crippen LogP contribution >= 0.6 is 0 Å². The zero-order chi connectivity index (χ0) is 20.3. The van der Waals surface area contributed by atoms with Gasteiger partial charge in [0.05, 0.1) is 23.7 Å². The molecule has 2 aromatic carbocycles. The normalized spacial score (nSPS) is 15.9. The molecule has 0 unspecified atom stereocenters. The molecule has 3 aromatic rings. The summed E-state index contributed by atoms with van der Waals surface area (Å²) >= 11 is 0. The molecule has 0 atom stereocenters. The van der Waals surface area contributed by atoms with Crippen molar-refractivity contribution in [3.05, 3.63) is 77.1 Å². The SMILES string of the molecule is Cc1ccc(S(=O)(=O)N2CCCNCc3c(nnn3Cc3ccccc3)C2)cc1. The molecule has 0 aliphatic carbocycles. The number of sulfonamides is 1. The Hall–Kier alpha value is -2.55. The molecule has 2 heterocycles. The third-order valence-electron chi connectivity index (χ3n) is 5.13. The highest BCUT2D eigenvalue weighted by atomic mass is 32.2. The molecule has 1 aromatic heterocycles. The molecule has 1 aliphatic rings. The molecule has 0 bridgehead atoms. The van der Waals surface area contributed by atoms with Crippen molar-refractivity contribution in [1.82, 2.24) is 24.6 Å². The standard InChI is InChI=1S/C21H25N5O2S/c1-17-8-10-19(11-9-17)29(27,28)25-13-5-12-22-14-21-20(16-25)23-24-26(21)15-18-6-3-2-4-7-18/h2-4,6-11,22H,5,12-16H2,1H3. The van der Waals surface area contributed by atoms with E-state index in [1.54, 1.807) is 12.1 Å². The van der Waals surface area contributed by atoms with Crippen molar-refractivity contribution < 1.29 is 8.42 Å². The van der Waals surface area contributed by atoms with Crippen LogP contribution in [0.5, 0.6) is 0 Å². The Bertz CT molecular complexity index is 1060. The lowest BCUT2D eigenvalue weighted by Crippen LogP contribution is -2.32. The first-order valence-corrected chi connectivity index (χ1v) is 11.2. The molecule has 7 nitrogen and oxygen atoms in total. The highest BCUT2D eigenvalue weighted by Gasteiger charge is 2.27. The Morgan fingerprint density at radius 3 is 2.59 bits per heavy atom. The molecule has 29 heavy (non-hydrogen) atoms. The van der Waals surface area contributed by atoms with Crippen LogP contribution in [0.25, 0.3) is 0 Å². The van der Waals surface area contributed by atoms with Gasteiger partial charge in [-0.05, 0) is 37.6 Å². The molecule has 0 fully saturated rings. The number of benzene rings is 2. The summed E-state index contributed by atoms with van der Waals surface area (Å²) in [5.74, 6) is 0. The van der Waals surface area contributed by atoms with E-state index in [2.05, 4.69) is 15.6 Å². The van der Waals surface area contributed by atoms with E-state index in [1.165, 1.54) is 4.31 Å². The Morgan fingerprint density at radius 2 is 1.83 bits per heavy atom. The molecule has 1 N–H and O–H groups in total. The molecule has 0 saturated carbocycles. The number of aryl methyl sites for hydroxylation is 1. The van der Waals surface area contributed by atoms with Gasteiger partial charge in [-0.1, -0.05) is 53.2 Å². The first-order valence-electron chi connectivity index (χ1n) is 9.77. The molecule has 4 rings (SSSR count). The largest absolute Gasteiger partial charge is 0.311 e. The average Bonchev–Trinajstić information content (AvgIpc) is 3.12. The maximum atomic E-state index is 13.2. The zero-order valence-electron chi connectivity index (χ0n) is 16.5. The fourth-order valence-electron chi connectivity index (χ4n) is 3.47. The van der Waals surface area contributed by atoms with Gasteiger partial charge in [0.25, 0.3) is 0 Å². The Labute approximate surface area is 171 Å². The minimum Gasteiger partial charge on any atom is -0.311 e. The van der Waals surface area contributed by atoms with Crippen molar-refractivity contribution in [3.63, 3.8) is 0 Å². The van der Waals surface area contributed by atoms with Crippen LogP contribution in [0.15, 0.2) is 59.5 Å². The summed E-state index contributed by atoms with van der Waals surface area (Å²) in [5, 5.41) is 12.0. The van der Waals surface area contributed by atoms with E-state index in [0.717, 1.165) is 29.8 Å². The van der Waals surface area contributed by atoms with E-state index in [9.17, 15) is 8.42 Å². The summed E-state index contributed by atoms with van der Waals surface area (Å²) in [7, 11) is -3.60. The smallest absolute Gasteiger partial charge is 0.243 e. The molecular formula is C21H25N5O2S. The predicted octanol–water partition coefficient (Wildman–Crippen LogP) is 2.32. The van der Waals surface area contributed by atoms with Crippen molar-refractivity contribution in [2.75, 3.05) is 13.1 Å². The van der Waals surface area contributed by atoms with Crippen LogP contribution in [0.4, 0.5) is 0 Å². The second-order valence-corrected chi connectivity index (χ2v) is 9.25. The maximum Gasteiger partial charge on any atom is 0.243 e. The molecule has 0 amide bonds. The van der Waals surface area contributed by atoms with Gasteiger partial charge in [-0.15, -0.1) is 5.10 Å². The van der Waals surface area contributed by atoms with Crippen molar-refractivity contribution in [2.45, 2.75) is 37.9 Å². The van der Waals surface area contributed by atoms with Gasteiger partial charge in [-0.3, -0.25) is 0 Å². The van der Waals surface area contributed by atoms with E-state index >= 15 is 0 Å². The van der Waals surface area contributed by atoms with Gasteiger partial charge in [0.1, 0.15) is 5.69 Å². The van der Waals surface area contributed by atoms with Gasteiger partial charge in [0.15, 0.2) is 0 Å². The summed E-state index contributed by atoms with van der Waals surface area (Å²) in [6.07, 6.45) is 0.738. The van der Waals surface area contributed by atoms with Gasteiger partial charge in [-0.25, -0.2) is 13.1 Å². The van der Waals surface area contributed by atoms with Crippen molar-refractivity contribution in [1.29, 1.82) is 0 Å². The summed E-state index contributed by atoms with van der Waals surface area (Å²) in [4.78, 5) is 0.313. The summed E-state index contributed by atoms with van der Waals surface area (Å²) < 4.78 is 29.8. The Morgan fingerprint density at radius 1 is 1.07 bits per heavy atom. The topological polar surface area (TPSA) is 80.1 Å². The first kappa shape index (κ1) is 19.8. The molecular weight excluding hydrogens is 386 g/mol. The van der Waals surface area contributed by atoms with Crippen molar-refractivity contribution in [2.24, 2.45) is 0 Å². The van der Waals surface area contributed by atoms with Gasteiger partial charge >= 0.3 is 0 Å². The first-order chi connectivity index (χ1) is 14.0. The van der Waals surface area contributed by atoms with E-state index in [0.29, 0.717) is 30.2 Å². The second kappa shape index (κ2) is 8.44. The third kappa shape index (κ3) is 4.39. The average molecular weight is 412 g/mol. The molecule has 152 valence electrons. The molecule has 1 aliphatic heterocycles. The van der Waals surface area contributed by atoms with E-state index in [-0.39, 0.29) is 6.54 Å². The number of nitrogens with one attached hydrogen (secondary N) is 1. The number of hydrogen-bond donors (Lipinski definition) is 1. The number of rotatable bonds is 4. The van der Waals surface area contributed by atoms with Crippen LogP contribution in [0.2, 0.25) is 0 Å². The highest BCUT2D eigenvalue weighted by Crippen LogP contribution is 2.21. The Kier molecular flexibility index (Phi) is 5.75. The van der Waals surface area contributed by atoms with Crippen LogP contribution in [-0.4, -0.2) is 40.8 Å². The van der Waals surface area contributed by atoms with E-state index in [1.807, 2.05) is 54.1 Å². The number of nitrogens with zero attached hydrogens (tertiary/aromatic N) is 4. The highest BCUT2D eigenvalue weighted by molar-refractivity contribution is 7.89. The fourth-order valence-corrected chi connectivity index (χ4v) is 4.91. The zero-order valence-corrected chi connectivity index (χ0v) is 17.3.